The van der Waals surface area contributed by atoms with Gasteiger partial charge in [0.25, 0.3) is 5.91 Å². The number of aliphatic hydroxyl groups is 1. The molecule has 2 aromatic carbocycles. The molecule has 5 heterocycles. The summed E-state index contributed by atoms with van der Waals surface area (Å²) in [6.07, 6.45) is -0.301. The lowest BCUT2D eigenvalue weighted by Gasteiger charge is -2.42. The van der Waals surface area contributed by atoms with Crippen molar-refractivity contribution in [3.63, 3.8) is 0 Å². The molecule has 2 saturated heterocycles. The number of oxazole rings is 1. The molecule has 1 saturated carbocycles. The van der Waals surface area contributed by atoms with Gasteiger partial charge in [0.2, 0.25) is 11.8 Å². The zero-order chi connectivity index (χ0) is 43.5. The number of anilines is 2. The van der Waals surface area contributed by atoms with Crippen LogP contribution in [0.5, 0.6) is 0 Å². The molecule has 0 spiro atoms. The van der Waals surface area contributed by atoms with Crippen LogP contribution in [0.15, 0.2) is 51.9 Å². The summed E-state index contributed by atoms with van der Waals surface area (Å²) in [7, 11) is 3.60. The van der Waals surface area contributed by atoms with E-state index in [9.17, 15) is 37.5 Å². The SMILES string of the molecule is CN(CC1CCC(c2nc3cc(C(C)(C)O)c(NC(=O)c4cncc(C(F)(F)F)n4)cc3o2)CC1)[C@@H]1CCN(c2cccc3c2n(C)c(=O)n3C2CCC(=O)NC2=O)C[C@@H]1F. The van der Waals surface area contributed by atoms with Gasteiger partial charge in [0.05, 0.1) is 46.9 Å². The van der Waals surface area contributed by atoms with E-state index in [-0.39, 0.29) is 54.2 Å². The van der Waals surface area contributed by atoms with E-state index in [1.807, 2.05) is 18.0 Å². The Labute approximate surface area is 347 Å². The van der Waals surface area contributed by atoms with Gasteiger partial charge in [-0.1, -0.05) is 6.07 Å². The fourth-order valence-corrected chi connectivity index (χ4v) is 9.22. The standard InChI is InChI=1S/C42H47F4N9O6/c1-41(2,60)24-16-27-33(17-26(24)49-37(57)28-18-47-19-34(48-28)42(44,45)46)61-39(50-27)23-10-8-22(9-11-23)20-52(3)29-14-15-54(21-25(29)43)30-6-5-7-31-36(30)53(4)40(59)55(31)32-12-13-35(56)51-38(32)58/h5-7,16-19,22-23,25,29,32,60H,8-15,20-21H2,1-4H3,(H,49,57)(H,51,56,58)/t22?,23?,25-,29+,32?/m0/s1. The smallest absolute Gasteiger partial charge is 0.434 e. The summed E-state index contributed by atoms with van der Waals surface area (Å²) in [6.45, 7) is 4.43. The number of piperidine rings is 2. The largest absolute Gasteiger partial charge is 0.440 e. The number of para-hydroxylation sites is 1. The van der Waals surface area contributed by atoms with Gasteiger partial charge >= 0.3 is 11.9 Å². The predicted molar refractivity (Wildman–Crippen MR) is 216 cm³/mol. The summed E-state index contributed by atoms with van der Waals surface area (Å²) >= 11 is 0. The average molecular weight is 850 g/mol. The number of hydrogen-bond acceptors (Lipinski definition) is 11. The molecule has 3 N–H and O–H groups in total. The van der Waals surface area contributed by atoms with Crippen LogP contribution in [-0.4, -0.2) is 90.7 Å². The van der Waals surface area contributed by atoms with Crippen molar-refractivity contribution in [1.82, 2.24) is 34.3 Å². The van der Waals surface area contributed by atoms with Crippen molar-refractivity contribution in [3.8, 4) is 0 Å². The lowest BCUT2D eigenvalue weighted by molar-refractivity contribution is -0.141. The molecule has 61 heavy (non-hydrogen) atoms. The van der Waals surface area contributed by atoms with Gasteiger partial charge in [-0.05, 0) is 83.5 Å². The number of halogens is 4. The number of aromatic nitrogens is 5. The van der Waals surface area contributed by atoms with Crippen LogP contribution in [-0.2, 0) is 28.4 Å². The predicted octanol–water partition coefficient (Wildman–Crippen LogP) is 5.57. The molecule has 0 bridgehead atoms. The minimum Gasteiger partial charge on any atom is -0.440 e. The van der Waals surface area contributed by atoms with E-state index in [1.165, 1.54) is 29.0 Å². The number of benzene rings is 2. The number of aryl methyl sites for hydroxylation is 1. The fourth-order valence-electron chi connectivity index (χ4n) is 9.22. The summed E-state index contributed by atoms with van der Waals surface area (Å²) in [4.78, 5) is 66.7. The van der Waals surface area contributed by atoms with Crippen molar-refractivity contribution in [2.75, 3.05) is 36.9 Å². The number of carbonyl (C=O) groups is 3. The number of imidazole rings is 1. The summed E-state index contributed by atoms with van der Waals surface area (Å²) in [6, 6.07) is 7.41. The Morgan fingerprint density at radius 3 is 2.49 bits per heavy atom. The number of nitrogens with zero attached hydrogens (tertiary/aromatic N) is 7. The molecule has 3 aliphatic rings. The van der Waals surface area contributed by atoms with Crippen molar-refractivity contribution in [1.29, 1.82) is 0 Å². The molecule has 3 fully saturated rings. The second-order valence-electron chi connectivity index (χ2n) is 17.0. The zero-order valence-corrected chi connectivity index (χ0v) is 34.1. The number of fused-ring (bicyclic) bond motifs is 2. The maximum Gasteiger partial charge on any atom is 0.434 e. The van der Waals surface area contributed by atoms with Crippen LogP contribution in [0.25, 0.3) is 22.1 Å². The van der Waals surface area contributed by atoms with E-state index in [1.54, 1.807) is 25.2 Å². The maximum absolute atomic E-state index is 16.1. The van der Waals surface area contributed by atoms with E-state index in [2.05, 4.69) is 25.5 Å². The monoisotopic (exact) mass is 849 g/mol. The molecule has 3 amide bonds. The van der Waals surface area contributed by atoms with Crippen LogP contribution in [0.2, 0.25) is 0 Å². The number of imide groups is 1. The highest BCUT2D eigenvalue weighted by molar-refractivity contribution is 6.04. The van der Waals surface area contributed by atoms with Gasteiger partial charge in [0.1, 0.15) is 23.4 Å². The highest BCUT2D eigenvalue weighted by atomic mass is 19.4. The minimum absolute atomic E-state index is 0.00125. The fraction of sp³-hybridized carbons (Fsp3) is 0.500. The minimum atomic E-state index is -4.79. The molecule has 2 aliphatic heterocycles. The number of hydrogen-bond donors (Lipinski definition) is 3. The molecular weight excluding hydrogens is 803 g/mol. The van der Waals surface area contributed by atoms with Crippen molar-refractivity contribution < 1.29 is 41.5 Å². The van der Waals surface area contributed by atoms with Crippen molar-refractivity contribution in [2.45, 2.75) is 94.7 Å². The first-order chi connectivity index (χ1) is 28.9. The van der Waals surface area contributed by atoms with Gasteiger partial charge in [0.15, 0.2) is 17.2 Å². The third-order valence-corrected chi connectivity index (χ3v) is 12.4. The Bertz CT molecular complexity index is 2570. The first kappa shape index (κ1) is 42.0. The first-order valence-electron chi connectivity index (χ1n) is 20.4. The van der Waals surface area contributed by atoms with Crippen LogP contribution < -0.4 is 21.2 Å². The number of carbonyl (C=O) groups excluding carboxylic acids is 3. The Morgan fingerprint density at radius 1 is 1.05 bits per heavy atom. The van der Waals surface area contributed by atoms with Crippen molar-refractivity contribution in [3.05, 3.63) is 76.1 Å². The van der Waals surface area contributed by atoms with E-state index in [0.717, 1.165) is 31.9 Å². The summed E-state index contributed by atoms with van der Waals surface area (Å²) in [5.74, 6) is -1.00. The number of alkyl halides is 4. The Kier molecular flexibility index (Phi) is 11.0. The normalized spacial score (nSPS) is 22.9. The molecular formula is C42H47F4N9O6. The molecule has 15 nitrogen and oxygen atoms in total. The molecule has 0 radical (unpaired) electrons. The highest BCUT2D eigenvalue weighted by Crippen LogP contribution is 2.40. The van der Waals surface area contributed by atoms with Crippen LogP contribution in [0.1, 0.15) is 98.4 Å². The van der Waals surface area contributed by atoms with Crippen LogP contribution in [0, 0.1) is 5.92 Å². The Hall–Kier alpha value is -5.69. The molecule has 19 heteroatoms. The third-order valence-electron chi connectivity index (χ3n) is 12.4. The van der Waals surface area contributed by atoms with E-state index < -0.39 is 47.2 Å². The number of nitrogens with one attached hydrogen (secondary N) is 2. The summed E-state index contributed by atoms with van der Waals surface area (Å²) < 4.78 is 64.9. The average Bonchev–Trinajstić information content (AvgIpc) is 3.74. The molecule has 1 aliphatic carbocycles. The molecule has 324 valence electrons. The van der Waals surface area contributed by atoms with Gasteiger partial charge in [-0.3, -0.25) is 33.8 Å². The second kappa shape index (κ2) is 16.0. The molecule has 1 unspecified atom stereocenters. The van der Waals surface area contributed by atoms with Crippen LogP contribution in [0.4, 0.5) is 28.9 Å². The molecule has 5 aromatic rings. The van der Waals surface area contributed by atoms with Crippen LogP contribution >= 0.6 is 0 Å². The third kappa shape index (κ3) is 8.24. The molecule has 8 rings (SSSR count). The number of rotatable bonds is 9. The van der Waals surface area contributed by atoms with E-state index in [4.69, 9.17) is 9.40 Å². The zero-order valence-electron chi connectivity index (χ0n) is 34.1. The maximum atomic E-state index is 16.1. The quantitative estimate of drug-likeness (QED) is 0.125. The van der Waals surface area contributed by atoms with Gasteiger partial charge in [0, 0.05) is 50.1 Å². The van der Waals surface area contributed by atoms with Crippen molar-refractivity contribution in [2.24, 2.45) is 13.0 Å². The summed E-state index contributed by atoms with van der Waals surface area (Å²) in [5.41, 5.74) is -0.614. The highest BCUT2D eigenvalue weighted by Gasteiger charge is 2.38. The van der Waals surface area contributed by atoms with E-state index in [0.29, 0.717) is 65.3 Å². The Balaban J connectivity index is 0.900. The van der Waals surface area contributed by atoms with Gasteiger partial charge in [-0.2, -0.15) is 13.2 Å². The van der Waals surface area contributed by atoms with Gasteiger partial charge in [-0.15, -0.1) is 0 Å². The second-order valence-corrected chi connectivity index (χ2v) is 17.0. The summed E-state index contributed by atoms with van der Waals surface area (Å²) in [5, 5.41) is 15.9. The van der Waals surface area contributed by atoms with E-state index >= 15 is 4.39 Å². The lowest BCUT2D eigenvalue weighted by atomic mass is 9.81. The van der Waals surface area contributed by atoms with Gasteiger partial charge in [-0.25, -0.2) is 19.2 Å². The topological polar surface area (TPSA) is 181 Å². The molecule has 3 atom stereocenters. The number of amides is 3. The molecule has 3 aromatic heterocycles. The first-order valence-corrected chi connectivity index (χ1v) is 20.4. The Morgan fingerprint density at radius 2 is 1.80 bits per heavy atom. The van der Waals surface area contributed by atoms with Crippen molar-refractivity contribution >= 4 is 51.2 Å². The van der Waals surface area contributed by atoms with Crippen LogP contribution in [0.3, 0.4) is 0 Å². The van der Waals surface area contributed by atoms with Gasteiger partial charge < -0.3 is 24.6 Å². The lowest BCUT2D eigenvalue weighted by Crippen LogP contribution is -2.52.